The summed E-state index contributed by atoms with van der Waals surface area (Å²) in [7, 11) is 0. The van der Waals surface area contributed by atoms with Gasteiger partial charge in [0.25, 0.3) is 0 Å². The second-order valence-corrected chi connectivity index (χ2v) is 6.09. The molecule has 0 unspecified atom stereocenters. The molecule has 1 amide bonds. The Labute approximate surface area is 158 Å². The molecule has 0 atom stereocenters. The highest BCUT2D eigenvalue weighted by Gasteiger charge is 2.09. The predicted octanol–water partition coefficient (Wildman–Crippen LogP) is 3.46. The predicted molar refractivity (Wildman–Crippen MR) is 106 cm³/mol. The average Bonchev–Trinajstić information content (AvgIpc) is 2.65. The molecule has 2 rings (SSSR count). The van der Waals surface area contributed by atoms with Crippen molar-refractivity contribution >= 4 is 34.9 Å². The molecular formula is C20H22N2O3S. The lowest BCUT2D eigenvalue weighted by molar-refractivity contribution is -0.145. The zero-order chi connectivity index (χ0) is 18.6. The molecule has 0 heterocycles. The quantitative estimate of drug-likeness (QED) is 0.423. The molecular weight excluding hydrogens is 348 g/mol. The van der Waals surface area contributed by atoms with Gasteiger partial charge in [0.1, 0.15) is 0 Å². The Morgan fingerprint density at radius 3 is 2.27 bits per heavy atom. The number of thiocarbonyl (C=S) groups is 1. The number of aryl methyl sites for hydroxylation is 1. The topological polar surface area (TPSA) is 67.4 Å². The van der Waals surface area contributed by atoms with Crippen molar-refractivity contribution in [2.75, 3.05) is 11.9 Å². The summed E-state index contributed by atoms with van der Waals surface area (Å²) in [5, 5.41) is 5.65. The molecule has 0 saturated carbocycles. The van der Waals surface area contributed by atoms with Crippen LogP contribution in [0.3, 0.4) is 0 Å². The molecule has 6 heteroatoms. The summed E-state index contributed by atoms with van der Waals surface area (Å²) in [6.07, 6.45) is 1.68. The zero-order valence-corrected chi connectivity index (χ0v) is 15.3. The van der Waals surface area contributed by atoms with Crippen molar-refractivity contribution in [2.45, 2.75) is 25.7 Å². The van der Waals surface area contributed by atoms with E-state index in [0.29, 0.717) is 6.61 Å². The first-order valence-electron chi connectivity index (χ1n) is 8.49. The van der Waals surface area contributed by atoms with Crippen LogP contribution < -0.4 is 10.6 Å². The fraction of sp³-hybridized carbons (Fsp3) is 0.250. The molecule has 2 aromatic rings. The second kappa shape index (κ2) is 11.0. The van der Waals surface area contributed by atoms with Gasteiger partial charge in [-0.1, -0.05) is 48.5 Å². The van der Waals surface area contributed by atoms with E-state index in [4.69, 9.17) is 17.0 Å². The van der Waals surface area contributed by atoms with Gasteiger partial charge in [-0.05, 0) is 42.8 Å². The molecule has 2 aromatic carbocycles. The molecule has 0 spiro atoms. The van der Waals surface area contributed by atoms with E-state index in [2.05, 4.69) is 10.6 Å². The third-order valence-electron chi connectivity index (χ3n) is 3.56. The number of ether oxygens (including phenoxy) is 1. The largest absolute Gasteiger partial charge is 0.466 e. The maximum atomic E-state index is 11.8. The monoisotopic (exact) mass is 370 g/mol. The normalized spacial score (nSPS) is 10.0. The number of nitrogens with one attached hydrogen (secondary N) is 2. The van der Waals surface area contributed by atoms with Gasteiger partial charge in [0.15, 0.2) is 5.11 Å². The van der Waals surface area contributed by atoms with Crippen LogP contribution in [0, 0.1) is 0 Å². The number of amides is 1. The molecule has 0 aromatic heterocycles. The molecule has 0 fully saturated rings. The van der Waals surface area contributed by atoms with E-state index in [0.717, 1.165) is 18.5 Å². The van der Waals surface area contributed by atoms with E-state index in [1.54, 1.807) is 0 Å². The van der Waals surface area contributed by atoms with E-state index in [-0.39, 0.29) is 29.8 Å². The number of benzene rings is 2. The Hall–Kier alpha value is -2.73. The van der Waals surface area contributed by atoms with Gasteiger partial charge in [0, 0.05) is 12.1 Å². The highest BCUT2D eigenvalue weighted by molar-refractivity contribution is 7.80. The Morgan fingerprint density at radius 1 is 0.923 bits per heavy atom. The van der Waals surface area contributed by atoms with Gasteiger partial charge in [-0.15, -0.1) is 0 Å². The smallest absolute Gasteiger partial charge is 0.306 e. The molecule has 0 aliphatic heterocycles. The van der Waals surface area contributed by atoms with Gasteiger partial charge in [-0.3, -0.25) is 9.59 Å². The first-order valence-corrected chi connectivity index (χ1v) is 8.90. The first-order chi connectivity index (χ1) is 12.6. The lowest BCUT2D eigenvalue weighted by Gasteiger charge is -2.09. The van der Waals surface area contributed by atoms with Gasteiger partial charge in [0.2, 0.25) is 5.91 Å². The summed E-state index contributed by atoms with van der Waals surface area (Å²) in [5.74, 6) is -0.699. The lowest BCUT2D eigenvalue weighted by atomic mass is 10.1. The van der Waals surface area contributed by atoms with Crippen LogP contribution in [0.15, 0.2) is 60.7 Å². The first kappa shape index (κ1) is 19.6. The van der Waals surface area contributed by atoms with Crippen LogP contribution in [0.5, 0.6) is 0 Å². The molecule has 0 bridgehead atoms. The Bertz CT molecular complexity index is 720. The molecule has 0 aliphatic rings. The standard InChI is InChI=1S/C20H22N2O3S/c23-18(22-20(26)21-17-11-5-2-6-12-17)13-14-19(24)25-15-7-10-16-8-3-1-4-9-16/h1-6,8-9,11-12H,7,10,13-15H2,(H2,21,22,23,26). The minimum absolute atomic E-state index is 0.0329. The number of hydrogen-bond acceptors (Lipinski definition) is 4. The van der Waals surface area contributed by atoms with E-state index >= 15 is 0 Å². The Balaban J connectivity index is 1.56. The number of carbonyl (C=O) groups excluding carboxylic acids is 2. The number of para-hydroxylation sites is 1. The number of hydrogen-bond donors (Lipinski definition) is 2. The van der Waals surface area contributed by atoms with Gasteiger partial charge in [0.05, 0.1) is 13.0 Å². The SMILES string of the molecule is O=C(CCC(=O)OCCCc1ccccc1)NC(=S)Nc1ccccc1. The van der Waals surface area contributed by atoms with Crippen molar-refractivity contribution in [3.8, 4) is 0 Å². The van der Waals surface area contributed by atoms with Crippen molar-refractivity contribution in [3.63, 3.8) is 0 Å². The van der Waals surface area contributed by atoms with Crippen LogP contribution >= 0.6 is 12.2 Å². The second-order valence-electron chi connectivity index (χ2n) is 5.68. The van der Waals surface area contributed by atoms with E-state index in [1.165, 1.54) is 5.56 Å². The van der Waals surface area contributed by atoms with E-state index in [9.17, 15) is 9.59 Å². The number of esters is 1. The van der Waals surface area contributed by atoms with Gasteiger partial charge in [-0.2, -0.15) is 0 Å². The van der Waals surface area contributed by atoms with Crippen LogP contribution in [-0.2, 0) is 20.7 Å². The maximum absolute atomic E-state index is 11.8. The lowest BCUT2D eigenvalue weighted by Crippen LogP contribution is -2.34. The molecule has 26 heavy (non-hydrogen) atoms. The summed E-state index contributed by atoms with van der Waals surface area (Å²) in [5.41, 5.74) is 2.00. The van der Waals surface area contributed by atoms with Crippen molar-refractivity contribution in [1.82, 2.24) is 5.32 Å². The third kappa shape index (κ3) is 7.90. The zero-order valence-electron chi connectivity index (χ0n) is 14.4. The minimum Gasteiger partial charge on any atom is -0.466 e. The summed E-state index contributed by atoms with van der Waals surface area (Å²) in [4.78, 5) is 23.5. The van der Waals surface area contributed by atoms with Crippen LogP contribution in [0.2, 0.25) is 0 Å². The highest BCUT2D eigenvalue weighted by atomic mass is 32.1. The number of rotatable bonds is 8. The summed E-state index contributed by atoms with van der Waals surface area (Å²) in [6, 6.07) is 19.3. The highest BCUT2D eigenvalue weighted by Crippen LogP contribution is 2.05. The van der Waals surface area contributed by atoms with Crippen molar-refractivity contribution in [2.24, 2.45) is 0 Å². The summed E-state index contributed by atoms with van der Waals surface area (Å²) < 4.78 is 5.15. The third-order valence-corrected chi connectivity index (χ3v) is 3.76. The fourth-order valence-corrected chi connectivity index (χ4v) is 2.50. The van der Waals surface area contributed by atoms with E-state index in [1.807, 2.05) is 60.7 Å². The van der Waals surface area contributed by atoms with Crippen LogP contribution in [0.25, 0.3) is 0 Å². The number of anilines is 1. The fourth-order valence-electron chi connectivity index (χ4n) is 2.27. The average molecular weight is 370 g/mol. The van der Waals surface area contributed by atoms with Crippen LogP contribution in [0.1, 0.15) is 24.8 Å². The van der Waals surface area contributed by atoms with E-state index < -0.39 is 0 Å². The molecule has 0 radical (unpaired) electrons. The summed E-state index contributed by atoms with van der Waals surface area (Å²) in [6.45, 7) is 0.351. The molecule has 5 nitrogen and oxygen atoms in total. The Kier molecular flexibility index (Phi) is 8.29. The molecule has 0 saturated heterocycles. The van der Waals surface area contributed by atoms with Crippen molar-refractivity contribution in [1.29, 1.82) is 0 Å². The molecule has 136 valence electrons. The van der Waals surface area contributed by atoms with Gasteiger partial charge >= 0.3 is 5.97 Å². The Morgan fingerprint density at radius 2 is 1.58 bits per heavy atom. The van der Waals surface area contributed by atoms with Crippen LogP contribution in [0.4, 0.5) is 5.69 Å². The minimum atomic E-state index is -0.379. The molecule has 2 N–H and O–H groups in total. The number of carbonyl (C=O) groups is 2. The van der Waals surface area contributed by atoms with Crippen LogP contribution in [-0.4, -0.2) is 23.6 Å². The summed E-state index contributed by atoms with van der Waals surface area (Å²) >= 11 is 5.07. The van der Waals surface area contributed by atoms with Crippen molar-refractivity contribution in [3.05, 3.63) is 66.2 Å². The van der Waals surface area contributed by atoms with Gasteiger partial charge in [-0.25, -0.2) is 0 Å². The maximum Gasteiger partial charge on any atom is 0.306 e. The van der Waals surface area contributed by atoms with Gasteiger partial charge < -0.3 is 15.4 Å². The van der Waals surface area contributed by atoms with Crippen molar-refractivity contribution < 1.29 is 14.3 Å². The molecule has 0 aliphatic carbocycles.